The van der Waals surface area contributed by atoms with Crippen molar-refractivity contribution in [1.82, 2.24) is 5.32 Å². The van der Waals surface area contributed by atoms with Crippen molar-refractivity contribution in [3.8, 4) is 0 Å². The van der Waals surface area contributed by atoms with E-state index >= 15 is 0 Å². The van der Waals surface area contributed by atoms with Crippen molar-refractivity contribution >= 4 is 12.1 Å². The number of nitrogens with zero attached hydrogens (tertiary/aromatic N) is 2. The summed E-state index contributed by atoms with van der Waals surface area (Å²) < 4.78 is 0.500. The van der Waals surface area contributed by atoms with E-state index in [-0.39, 0.29) is 11.4 Å². The topological polar surface area (TPSA) is 41.5 Å². The molecular weight excluding hydrogens is 262 g/mol. The molecule has 0 spiro atoms. The summed E-state index contributed by atoms with van der Waals surface area (Å²) >= 11 is 0. The van der Waals surface area contributed by atoms with E-state index in [1.54, 1.807) is 0 Å². The number of carbonyl (C=O) groups is 1. The van der Waals surface area contributed by atoms with Crippen LogP contribution in [0.2, 0.25) is 0 Å². The van der Waals surface area contributed by atoms with Crippen LogP contribution in [-0.4, -0.2) is 34.8 Å². The summed E-state index contributed by atoms with van der Waals surface area (Å²) in [5.74, 6) is 0.776. The van der Waals surface area contributed by atoms with Crippen LogP contribution in [0.1, 0.15) is 47.0 Å². The largest absolute Gasteiger partial charge is 0.346 e. The van der Waals surface area contributed by atoms with Crippen molar-refractivity contribution in [1.29, 1.82) is 0 Å². The van der Waals surface area contributed by atoms with Gasteiger partial charge in [0.1, 0.15) is 18.8 Å². The summed E-state index contributed by atoms with van der Waals surface area (Å²) in [7, 11) is 0. The highest BCUT2D eigenvalue weighted by atomic mass is 16.2. The summed E-state index contributed by atoms with van der Waals surface area (Å²) in [5.41, 5.74) is 2.13. The first-order valence-electron chi connectivity index (χ1n) is 7.98. The Balaban J connectivity index is 1.86. The molecule has 3 aliphatic rings. The van der Waals surface area contributed by atoms with Crippen molar-refractivity contribution in [3.05, 3.63) is 23.4 Å². The molecule has 2 heterocycles. The van der Waals surface area contributed by atoms with Gasteiger partial charge in [0.05, 0.1) is 11.8 Å². The van der Waals surface area contributed by atoms with Gasteiger partial charge >= 0.3 is 0 Å². The second-order valence-electron chi connectivity index (χ2n) is 7.33. The van der Waals surface area contributed by atoms with Gasteiger partial charge in [0, 0.05) is 11.6 Å². The Morgan fingerprint density at radius 1 is 1.48 bits per heavy atom. The lowest BCUT2D eigenvalue weighted by Crippen LogP contribution is -2.54. The van der Waals surface area contributed by atoms with E-state index in [4.69, 9.17) is 0 Å². The van der Waals surface area contributed by atoms with E-state index in [0.29, 0.717) is 23.1 Å². The fraction of sp³-hybridized carbons (Fsp3) is 0.647. The average molecular weight is 288 g/mol. The quantitative estimate of drug-likeness (QED) is 0.794. The lowest BCUT2D eigenvalue weighted by atomic mass is 9.82. The Morgan fingerprint density at radius 3 is 2.67 bits per heavy atom. The average Bonchev–Trinajstić information content (AvgIpc) is 3.15. The predicted octanol–water partition coefficient (Wildman–Crippen LogP) is 2.73. The normalized spacial score (nSPS) is 35.8. The highest BCUT2D eigenvalue weighted by Crippen LogP contribution is 2.44. The van der Waals surface area contributed by atoms with Gasteiger partial charge in [0.2, 0.25) is 0 Å². The molecular formula is C17H26N3O+. The molecule has 4 heteroatoms. The number of carbonyl (C=O) groups excluding carboxylic acids is 1. The standard InChI is InChI=1S/C17H25N3O/c1-12(2)20(9-5-8-18-20)11-15-13(3)10-17(4,14-6-7-14)19-16(15)21/h5,8-9,12,14H,6-7,10-11H2,1-4H3/p+1. The number of nitrogens with one attached hydrogen (secondary N) is 1. The van der Waals surface area contributed by atoms with Crippen molar-refractivity contribution in [2.24, 2.45) is 11.0 Å². The molecule has 0 radical (unpaired) electrons. The Kier molecular flexibility index (Phi) is 3.32. The van der Waals surface area contributed by atoms with Gasteiger partial charge in [-0.2, -0.15) is 4.59 Å². The first kappa shape index (κ1) is 14.5. The Morgan fingerprint density at radius 2 is 2.19 bits per heavy atom. The minimum atomic E-state index is -0.0303. The van der Waals surface area contributed by atoms with Crippen LogP contribution in [0, 0.1) is 5.92 Å². The first-order valence-corrected chi connectivity index (χ1v) is 7.98. The van der Waals surface area contributed by atoms with Gasteiger partial charge in [0.25, 0.3) is 5.91 Å². The lowest BCUT2D eigenvalue weighted by molar-refractivity contribution is -0.899. The zero-order valence-corrected chi connectivity index (χ0v) is 13.5. The maximum absolute atomic E-state index is 12.7. The number of hydrogen-bond donors (Lipinski definition) is 1. The van der Waals surface area contributed by atoms with Gasteiger partial charge in [-0.3, -0.25) is 4.79 Å². The zero-order valence-electron chi connectivity index (χ0n) is 13.5. The first-order chi connectivity index (χ1) is 9.86. The lowest BCUT2D eigenvalue weighted by Gasteiger charge is -2.39. The number of quaternary nitrogens is 1. The van der Waals surface area contributed by atoms with Crippen LogP contribution >= 0.6 is 0 Å². The highest BCUT2D eigenvalue weighted by molar-refractivity contribution is 5.96. The third-order valence-corrected chi connectivity index (χ3v) is 5.32. The smallest absolute Gasteiger partial charge is 0.253 e. The molecule has 0 aromatic heterocycles. The molecule has 4 nitrogen and oxygen atoms in total. The molecule has 1 aliphatic carbocycles. The molecule has 2 atom stereocenters. The minimum absolute atomic E-state index is 0.0303. The maximum atomic E-state index is 12.7. The van der Waals surface area contributed by atoms with Gasteiger partial charge in [-0.15, -0.1) is 0 Å². The fourth-order valence-electron chi connectivity index (χ4n) is 3.63. The van der Waals surface area contributed by atoms with Gasteiger partial charge in [-0.05, 0) is 52.9 Å². The monoisotopic (exact) mass is 288 g/mol. The molecule has 1 amide bonds. The molecule has 1 N–H and O–H groups in total. The molecule has 114 valence electrons. The Labute approximate surface area is 127 Å². The van der Waals surface area contributed by atoms with Crippen molar-refractivity contribution in [2.75, 3.05) is 6.54 Å². The van der Waals surface area contributed by atoms with E-state index in [9.17, 15) is 4.79 Å². The number of allylic oxidation sites excluding steroid dienone is 1. The van der Waals surface area contributed by atoms with Crippen LogP contribution in [-0.2, 0) is 4.79 Å². The molecule has 0 saturated heterocycles. The number of hydrogen-bond acceptors (Lipinski definition) is 2. The molecule has 1 fully saturated rings. The summed E-state index contributed by atoms with van der Waals surface area (Å²) in [5, 5.41) is 7.88. The van der Waals surface area contributed by atoms with Gasteiger partial charge in [-0.25, -0.2) is 0 Å². The van der Waals surface area contributed by atoms with E-state index in [2.05, 4.69) is 44.3 Å². The number of amides is 1. The maximum Gasteiger partial charge on any atom is 0.253 e. The molecule has 0 aromatic carbocycles. The molecule has 21 heavy (non-hydrogen) atoms. The van der Waals surface area contributed by atoms with E-state index < -0.39 is 0 Å². The van der Waals surface area contributed by atoms with E-state index in [0.717, 1.165) is 12.0 Å². The zero-order chi connectivity index (χ0) is 15.3. The molecule has 2 aliphatic heterocycles. The second-order valence-corrected chi connectivity index (χ2v) is 7.33. The van der Waals surface area contributed by atoms with E-state index in [1.165, 1.54) is 18.4 Å². The molecule has 3 rings (SSSR count). The van der Waals surface area contributed by atoms with Gasteiger partial charge < -0.3 is 5.32 Å². The third kappa shape index (κ3) is 2.46. The van der Waals surface area contributed by atoms with Crippen LogP contribution in [0.4, 0.5) is 0 Å². The van der Waals surface area contributed by atoms with Crippen LogP contribution in [0.3, 0.4) is 0 Å². The minimum Gasteiger partial charge on any atom is -0.346 e. The summed E-state index contributed by atoms with van der Waals surface area (Å²) in [6, 6.07) is 0.324. The second kappa shape index (κ2) is 4.80. The van der Waals surface area contributed by atoms with E-state index in [1.807, 2.05) is 12.3 Å². The molecule has 0 aromatic rings. The van der Waals surface area contributed by atoms with Crippen LogP contribution in [0.5, 0.6) is 0 Å². The molecule has 2 unspecified atom stereocenters. The van der Waals surface area contributed by atoms with Crippen molar-refractivity contribution < 1.29 is 9.39 Å². The summed E-state index contributed by atoms with van der Waals surface area (Å²) in [6.45, 7) is 9.28. The van der Waals surface area contributed by atoms with Crippen LogP contribution < -0.4 is 5.32 Å². The van der Waals surface area contributed by atoms with Gasteiger partial charge in [0.15, 0.2) is 0 Å². The third-order valence-electron chi connectivity index (χ3n) is 5.32. The van der Waals surface area contributed by atoms with Crippen molar-refractivity contribution in [2.45, 2.75) is 58.5 Å². The Hall–Kier alpha value is -1.42. The number of rotatable bonds is 4. The summed E-state index contributed by atoms with van der Waals surface area (Å²) in [6.07, 6.45) is 9.38. The van der Waals surface area contributed by atoms with Crippen molar-refractivity contribution in [3.63, 3.8) is 0 Å². The Bertz CT molecular complexity index is 542. The molecule has 0 bridgehead atoms. The van der Waals surface area contributed by atoms with Crippen LogP contribution in [0.15, 0.2) is 28.5 Å². The van der Waals surface area contributed by atoms with Crippen LogP contribution in [0.25, 0.3) is 0 Å². The highest BCUT2D eigenvalue weighted by Gasteiger charge is 2.47. The summed E-state index contributed by atoms with van der Waals surface area (Å²) in [4.78, 5) is 12.7. The molecule has 1 saturated carbocycles. The van der Waals surface area contributed by atoms with Gasteiger partial charge in [-0.1, -0.05) is 10.7 Å². The SMILES string of the molecule is CC1=C(C[N+]2(C(C)C)C=CC=N2)C(=O)NC(C)(C2CC2)C1. The fourth-order valence-corrected chi connectivity index (χ4v) is 3.63. The predicted molar refractivity (Wildman–Crippen MR) is 84.5 cm³/mol.